The molecule has 22 heavy (non-hydrogen) atoms. The van der Waals surface area contributed by atoms with Crippen LogP contribution in [0.2, 0.25) is 0 Å². The van der Waals surface area contributed by atoms with E-state index < -0.39 is 0 Å². The topological polar surface area (TPSA) is 75.9 Å². The summed E-state index contributed by atoms with van der Waals surface area (Å²) in [5.41, 5.74) is 0.701. The van der Waals surface area contributed by atoms with Crippen molar-refractivity contribution >= 4 is 22.8 Å². The molecule has 3 heterocycles. The Labute approximate surface area is 129 Å². The van der Waals surface area contributed by atoms with Gasteiger partial charge in [0, 0.05) is 26.7 Å². The van der Waals surface area contributed by atoms with E-state index in [2.05, 4.69) is 39.1 Å². The van der Waals surface area contributed by atoms with Crippen LogP contribution in [0, 0.1) is 5.92 Å². The zero-order valence-corrected chi connectivity index (χ0v) is 13.3. The minimum Gasteiger partial charge on any atom is -0.356 e. The van der Waals surface area contributed by atoms with Crippen LogP contribution in [0.5, 0.6) is 0 Å². The molecule has 7 nitrogen and oxygen atoms in total. The van der Waals surface area contributed by atoms with Gasteiger partial charge in [0.05, 0.1) is 11.6 Å². The maximum absolute atomic E-state index is 12.3. The van der Waals surface area contributed by atoms with Crippen LogP contribution < -0.4 is 10.2 Å². The van der Waals surface area contributed by atoms with Crippen LogP contribution in [0.3, 0.4) is 0 Å². The molecule has 0 saturated carbocycles. The Kier molecular flexibility index (Phi) is 3.96. The van der Waals surface area contributed by atoms with Gasteiger partial charge in [-0.3, -0.25) is 9.48 Å². The van der Waals surface area contributed by atoms with Crippen molar-refractivity contribution in [3.05, 3.63) is 12.0 Å². The van der Waals surface area contributed by atoms with Gasteiger partial charge in [-0.15, -0.1) is 0 Å². The second-order valence-electron chi connectivity index (χ2n) is 6.17. The Morgan fingerprint density at radius 3 is 2.73 bits per heavy atom. The molecule has 1 aliphatic heterocycles. The summed E-state index contributed by atoms with van der Waals surface area (Å²) < 4.78 is 1.69. The number of fused-ring (bicyclic) bond motifs is 1. The van der Waals surface area contributed by atoms with Crippen LogP contribution in [0.15, 0.2) is 6.20 Å². The van der Waals surface area contributed by atoms with E-state index in [-0.39, 0.29) is 11.7 Å². The highest BCUT2D eigenvalue weighted by molar-refractivity contribution is 5.95. The van der Waals surface area contributed by atoms with E-state index in [1.807, 2.05) is 7.05 Å². The van der Waals surface area contributed by atoms with Gasteiger partial charge in [0.1, 0.15) is 5.82 Å². The van der Waals surface area contributed by atoms with E-state index in [0.717, 1.165) is 37.1 Å². The number of hydrogen-bond donors (Lipinski definition) is 1. The summed E-state index contributed by atoms with van der Waals surface area (Å²) in [5, 5.41) is 8.05. The molecule has 1 N–H and O–H groups in total. The first kappa shape index (κ1) is 14.7. The second kappa shape index (κ2) is 5.90. The predicted octanol–water partition coefficient (Wildman–Crippen LogP) is 1.35. The van der Waals surface area contributed by atoms with Crippen molar-refractivity contribution in [1.29, 1.82) is 0 Å². The molecule has 0 aliphatic carbocycles. The monoisotopic (exact) mass is 302 g/mol. The molecule has 3 rings (SSSR count). The molecule has 0 atom stereocenters. The number of hydrogen-bond acceptors (Lipinski definition) is 5. The number of anilines is 1. The average Bonchev–Trinajstić information content (AvgIpc) is 3.14. The fraction of sp³-hybridized carbons (Fsp3) is 0.600. The highest BCUT2D eigenvalue weighted by Gasteiger charge is 2.22. The lowest BCUT2D eigenvalue weighted by atomic mass is 10.2. The first-order valence-corrected chi connectivity index (χ1v) is 7.79. The molecular weight excluding hydrogens is 280 g/mol. The van der Waals surface area contributed by atoms with E-state index in [1.54, 1.807) is 10.9 Å². The number of carbonyl (C=O) groups excluding carboxylic acids is 1. The maximum atomic E-state index is 12.3. The Balaban J connectivity index is 2.00. The number of carbonyl (C=O) groups is 1. The molecule has 2 aromatic heterocycles. The summed E-state index contributed by atoms with van der Waals surface area (Å²) in [6.07, 6.45) is 4.08. The van der Waals surface area contributed by atoms with E-state index in [1.165, 1.54) is 0 Å². The molecular formula is C15H22N6O. The maximum Gasteiger partial charge on any atom is 0.289 e. The smallest absolute Gasteiger partial charge is 0.289 e. The molecule has 1 saturated heterocycles. The lowest BCUT2D eigenvalue weighted by Gasteiger charge is -2.17. The van der Waals surface area contributed by atoms with Crippen LogP contribution in [0.4, 0.5) is 5.82 Å². The number of rotatable bonds is 4. The Morgan fingerprint density at radius 2 is 2.05 bits per heavy atom. The van der Waals surface area contributed by atoms with Crippen molar-refractivity contribution in [1.82, 2.24) is 25.1 Å². The predicted molar refractivity (Wildman–Crippen MR) is 84.9 cm³/mol. The van der Waals surface area contributed by atoms with Crippen LogP contribution in [-0.2, 0) is 7.05 Å². The van der Waals surface area contributed by atoms with Crippen LogP contribution >= 0.6 is 0 Å². The Hall–Kier alpha value is -2.18. The molecule has 0 aromatic carbocycles. The van der Waals surface area contributed by atoms with E-state index in [4.69, 9.17) is 0 Å². The Morgan fingerprint density at radius 1 is 1.32 bits per heavy atom. The average molecular weight is 302 g/mol. The molecule has 1 aliphatic rings. The first-order valence-electron chi connectivity index (χ1n) is 7.79. The van der Waals surface area contributed by atoms with Gasteiger partial charge >= 0.3 is 0 Å². The van der Waals surface area contributed by atoms with Crippen molar-refractivity contribution in [3.8, 4) is 0 Å². The summed E-state index contributed by atoms with van der Waals surface area (Å²) in [6, 6.07) is 0. The van der Waals surface area contributed by atoms with Gasteiger partial charge in [-0.25, -0.2) is 9.97 Å². The molecule has 0 radical (unpaired) electrons. The summed E-state index contributed by atoms with van der Waals surface area (Å²) in [6.45, 7) is 6.66. The van der Waals surface area contributed by atoms with Gasteiger partial charge in [0.25, 0.3) is 5.91 Å². The third kappa shape index (κ3) is 2.75. The molecule has 0 spiro atoms. The third-order valence-corrected chi connectivity index (χ3v) is 3.85. The standard InChI is InChI=1S/C15H22N6O/c1-10(2)8-16-15(22)12-18-13-11(9-17-20(13)3)14(19-12)21-6-4-5-7-21/h9-10H,4-8H2,1-3H3,(H,16,22). The van der Waals surface area contributed by atoms with E-state index in [9.17, 15) is 4.79 Å². The molecule has 118 valence electrons. The Bertz CT molecular complexity index is 687. The van der Waals surface area contributed by atoms with E-state index >= 15 is 0 Å². The fourth-order valence-corrected chi connectivity index (χ4v) is 2.65. The van der Waals surface area contributed by atoms with Crippen molar-refractivity contribution < 1.29 is 4.79 Å². The largest absolute Gasteiger partial charge is 0.356 e. The minimum atomic E-state index is -0.225. The van der Waals surface area contributed by atoms with Crippen molar-refractivity contribution in [2.75, 3.05) is 24.5 Å². The first-order chi connectivity index (χ1) is 10.6. The van der Waals surface area contributed by atoms with E-state index in [0.29, 0.717) is 18.1 Å². The van der Waals surface area contributed by atoms with Gasteiger partial charge in [-0.1, -0.05) is 13.8 Å². The lowest BCUT2D eigenvalue weighted by Crippen LogP contribution is -2.30. The van der Waals surface area contributed by atoms with Gasteiger partial charge < -0.3 is 10.2 Å². The van der Waals surface area contributed by atoms with Gasteiger partial charge in [0.2, 0.25) is 5.82 Å². The molecule has 2 aromatic rings. The quantitative estimate of drug-likeness (QED) is 0.922. The van der Waals surface area contributed by atoms with Crippen LogP contribution in [-0.4, -0.2) is 45.3 Å². The zero-order valence-electron chi connectivity index (χ0n) is 13.3. The molecule has 0 unspecified atom stereocenters. The third-order valence-electron chi connectivity index (χ3n) is 3.85. The van der Waals surface area contributed by atoms with Crippen molar-refractivity contribution in [3.63, 3.8) is 0 Å². The number of amides is 1. The number of nitrogens with zero attached hydrogens (tertiary/aromatic N) is 5. The highest BCUT2D eigenvalue weighted by atomic mass is 16.2. The number of aromatic nitrogens is 4. The number of nitrogens with one attached hydrogen (secondary N) is 1. The molecule has 1 amide bonds. The summed E-state index contributed by atoms with van der Waals surface area (Å²) in [7, 11) is 1.83. The normalized spacial score (nSPS) is 15.0. The zero-order chi connectivity index (χ0) is 15.7. The fourth-order valence-electron chi connectivity index (χ4n) is 2.65. The van der Waals surface area contributed by atoms with Crippen LogP contribution in [0.25, 0.3) is 11.0 Å². The molecule has 0 bridgehead atoms. The minimum absolute atomic E-state index is 0.221. The van der Waals surface area contributed by atoms with Crippen molar-refractivity contribution in [2.45, 2.75) is 26.7 Å². The second-order valence-corrected chi connectivity index (χ2v) is 6.17. The molecule has 1 fully saturated rings. The van der Waals surface area contributed by atoms with Crippen molar-refractivity contribution in [2.24, 2.45) is 13.0 Å². The van der Waals surface area contributed by atoms with Crippen LogP contribution in [0.1, 0.15) is 37.3 Å². The molecule has 7 heteroatoms. The van der Waals surface area contributed by atoms with Gasteiger partial charge in [-0.2, -0.15) is 5.10 Å². The van der Waals surface area contributed by atoms with Gasteiger partial charge in [0.15, 0.2) is 5.65 Å². The summed E-state index contributed by atoms with van der Waals surface area (Å²) in [5.74, 6) is 1.21. The summed E-state index contributed by atoms with van der Waals surface area (Å²) >= 11 is 0. The SMILES string of the molecule is CC(C)CNC(=O)c1nc(N2CCCC2)c2cnn(C)c2n1. The summed E-state index contributed by atoms with van der Waals surface area (Å²) in [4.78, 5) is 23.4. The lowest BCUT2D eigenvalue weighted by molar-refractivity contribution is 0.0939. The van der Waals surface area contributed by atoms with Gasteiger partial charge in [-0.05, 0) is 18.8 Å². The highest BCUT2D eigenvalue weighted by Crippen LogP contribution is 2.26. The number of aryl methyl sites for hydroxylation is 1.